The van der Waals surface area contributed by atoms with E-state index >= 15 is 0 Å². The van der Waals surface area contributed by atoms with Gasteiger partial charge in [0.05, 0.1) is 37.5 Å². The van der Waals surface area contributed by atoms with Gasteiger partial charge >= 0.3 is 7.19 Å². The van der Waals surface area contributed by atoms with Gasteiger partial charge in [-0.05, 0) is 48.7 Å². The molecule has 0 aromatic heterocycles. The van der Waals surface area contributed by atoms with E-state index in [1.165, 1.54) is 0 Å². The number of nitrogens with zero attached hydrogens (tertiary/aromatic N) is 4. The van der Waals surface area contributed by atoms with Gasteiger partial charge in [0, 0.05) is 24.3 Å². The number of benzene rings is 4. The highest BCUT2D eigenvalue weighted by molar-refractivity contribution is 7.92. The summed E-state index contributed by atoms with van der Waals surface area (Å²) in [6.07, 6.45) is 1.89. The lowest BCUT2D eigenvalue weighted by Crippen LogP contribution is -2.51. The van der Waals surface area contributed by atoms with Crippen LogP contribution in [-0.2, 0) is 24.7 Å². The van der Waals surface area contributed by atoms with E-state index in [2.05, 4.69) is 0 Å². The minimum Gasteiger partial charge on any atom is -0.535 e. The lowest BCUT2D eigenvalue weighted by molar-refractivity contribution is -0.385. The molecule has 1 aliphatic rings. The molecule has 4 aromatic carbocycles. The predicted octanol–water partition coefficient (Wildman–Crippen LogP) is 6.00. The number of allylic oxidation sites excluding steroid dienone is 2. The van der Waals surface area contributed by atoms with Crippen LogP contribution in [0.5, 0.6) is 0 Å². The third kappa shape index (κ3) is 6.40. The van der Waals surface area contributed by atoms with Crippen molar-refractivity contribution in [2.24, 2.45) is 0 Å². The zero-order chi connectivity index (χ0) is 33.9. The van der Waals surface area contributed by atoms with E-state index in [1.54, 1.807) is 80.6 Å². The van der Waals surface area contributed by atoms with Crippen molar-refractivity contribution >= 4 is 38.6 Å². The molecule has 0 saturated carbocycles. The van der Waals surface area contributed by atoms with Gasteiger partial charge in [-0.1, -0.05) is 73.7 Å². The number of non-ortho nitro benzene ring substituents is 2. The first-order chi connectivity index (χ1) is 22.4. The van der Waals surface area contributed by atoms with Gasteiger partial charge in [-0.2, -0.15) is 8.43 Å². The van der Waals surface area contributed by atoms with Gasteiger partial charge in [0.15, 0.2) is 0 Å². The van der Waals surface area contributed by atoms with Crippen LogP contribution in [0.1, 0.15) is 43.5 Å². The van der Waals surface area contributed by atoms with Crippen LogP contribution in [0.25, 0.3) is 0 Å². The van der Waals surface area contributed by atoms with Crippen LogP contribution in [0.4, 0.5) is 11.4 Å². The zero-order valence-corrected chi connectivity index (χ0v) is 26.8. The maximum absolute atomic E-state index is 14.7. The van der Waals surface area contributed by atoms with Crippen molar-refractivity contribution in [1.82, 2.24) is 8.43 Å². The molecule has 2 atom stereocenters. The van der Waals surface area contributed by atoms with E-state index < -0.39 is 49.2 Å². The van der Waals surface area contributed by atoms with Gasteiger partial charge < -0.3 is 4.65 Å². The Hall–Kier alpha value is -4.90. The molecule has 0 amide bonds. The summed E-state index contributed by atoms with van der Waals surface area (Å²) >= 11 is 0. The predicted molar refractivity (Wildman–Crippen MR) is 173 cm³/mol. The second kappa shape index (κ2) is 13.5. The molecule has 1 heterocycles. The Balaban J connectivity index is 1.84. The van der Waals surface area contributed by atoms with Crippen LogP contribution in [-0.4, -0.2) is 42.3 Å². The number of rotatable bonds is 11. The number of sulfonamides is 2. The van der Waals surface area contributed by atoms with E-state index in [9.17, 15) is 37.1 Å². The summed E-state index contributed by atoms with van der Waals surface area (Å²) in [4.78, 5) is 20.7. The SMILES string of the molecule is C/C=C(\CC)OB1N(S(=O)(=O)c2ccc([N+](=O)[O-])cc2)[C@H](c2ccccc2)[C@@H](c2ccccc2)N1S(=O)(=O)c1ccc([N+](=O)[O-])cc1. The fourth-order valence-corrected chi connectivity index (χ4v) is 8.82. The Morgan fingerprint density at radius 2 is 1.06 bits per heavy atom. The van der Waals surface area contributed by atoms with Crippen molar-refractivity contribution in [2.75, 3.05) is 0 Å². The third-order valence-corrected chi connectivity index (χ3v) is 11.4. The topological polar surface area (TPSA) is 170 Å². The van der Waals surface area contributed by atoms with E-state index in [-0.39, 0.29) is 27.6 Å². The lowest BCUT2D eigenvalue weighted by atomic mass is 9.95. The smallest absolute Gasteiger partial charge is 0.535 e. The van der Waals surface area contributed by atoms with E-state index in [0.29, 0.717) is 16.9 Å². The van der Waals surface area contributed by atoms with Gasteiger partial charge in [-0.25, -0.2) is 16.8 Å². The number of hydrogen-bond donors (Lipinski definition) is 0. The maximum Gasteiger partial charge on any atom is 0.578 e. The zero-order valence-electron chi connectivity index (χ0n) is 25.2. The molecule has 0 N–H and O–H groups in total. The molecule has 1 aliphatic heterocycles. The third-order valence-electron chi connectivity index (χ3n) is 7.74. The van der Waals surface area contributed by atoms with Crippen molar-refractivity contribution in [3.63, 3.8) is 0 Å². The summed E-state index contributed by atoms with van der Waals surface area (Å²) in [5.41, 5.74) is 0.231. The molecule has 0 aliphatic carbocycles. The normalized spacial score (nSPS) is 17.8. The fourth-order valence-electron chi connectivity index (χ4n) is 5.48. The quantitative estimate of drug-likeness (QED) is 0.0800. The van der Waals surface area contributed by atoms with E-state index in [0.717, 1.165) is 57.0 Å². The highest BCUT2D eigenvalue weighted by atomic mass is 32.2. The molecule has 1 fully saturated rings. The van der Waals surface area contributed by atoms with Crippen molar-refractivity contribution in [3.8, 4) is 0 Å². The summed E-state index contributed by atoms with van der Waals surface area (Å²) in [6, 6.07) is 23.1. The molecule has 47 heavy (non-hydrogen) atoms. The Labute approximate surface area is 272 Å². The number of nitro benzene ring substituents is 2. The minimum atomic E-state index is -4.66. The number of hydrogen-bond acceptors (Lipinski definition) is 9. The van der Waals surface area contributed by atoms with Gasteiger partial charge in [0.25, 0.3) is 11.4 Å². The summed E-state index contributed by atoms with van der Waals surface area (Å²) in [5, 5.41) is 22.7. The van der Waals surface area contributed by atoms with Crippen LogP contribution in [0, 0.1) is 20.2 Å². The second-order valence-corrected chi connectivity index (χ2v) is 14.1. The molecule has 0 unspecified atom stereocenters. The maximum atomic E-state index is 14.7. The van der Waals surface area contributed by atoms with Crippen LogP contribution >= 0.6 is 0 Å². The summed E-state index contributed by atoms with van der Waals surface area (Å²) in [7, 11) is -11.1. The molecule has 13 nitrogen and oxygen atoms in total. The molecule has 1 saturated heterocycles. The lowest BCUT2D eigenvalue weighted by Gasteiger charge is -2.29. The summed E-state index contributed by atoms with van der Waals surface area (Å²) < 4.78 is 67.2. The Bertz CT molecular complexity index is 1880. The Kier molecular flexibility index (Phi) is 9.58. The molecule has 242 valence electrons. The van der Waals surface area contributed by atoms with Gasteiger partial charge in [-0.3, -0.25) is 20.2 Å². The van der Waals surface area contributed by atoms with Crippen LogP contribution in [0.15, 0.2) is 131 Å². The van der Waals surface area contributed by atoms with E-state index in [1.807, 2.05) is 0 Å². The first kappa shape index (κ1) is 33.5. The average Bonchev–Trinajstić information content (AvgIpc) is 3.44. The monoisotopic (exact) mass is 676 g/mol. The molecule has 0 radical (unpaired) electrons. The standard InChI is InChI=1S/C31H29BN4O9S2/c1-3-27(4-2)45-32-33(46(41,42)28-19-15-25(16-20-28)35(37)38)30(23-11-7-5-8-12-23)31(24-13-9-6-10-14-24)34(32)47(43,44)29-21-17-26(18-22-29)36(39)40/h3,5-22,30-31H,4H2,1-2H3/b27-3+/t30-,31-/m1/s1. The van der Waals surface area contributed by atoms with Crippen LogP contribution in [0.2, 0.25) is 0 Å². The second-order valence-electron chi connectivity index (χ2n) is 10.4. The molecule has 16 heteroatoms. The van der Waals surface area contributed by atoms with Crippen molar-refractivity contribution in [3.05, 3.63) is 152 Å². The largest absolute Gasteiger partial charge is 0.578 e. The molecular weight excluding hydrogens is 647 g/mol. The Morgan fingerprint density at radius 3 is 1.36 bits per heavy atom. The average molecular weight is 677 g/mol. The van der Waals surface area contributed by atoms with Crippen LogP contribution in [0.3, 0.4) is 0 Å². The number of nitro groups is 2. The van der Waals surface area contributed by atoms with Gasteiger partial charge in [0.2, 0.25) is 20.0 Å². The highest BCUT2D eigenvalue weighted by Crippen LogP contribution is 2.51. The minimum absolute atomic E-state index is 0.288. The van der Waals surface area contributed by atoms with Gasteiger partial charge in [0.1, 0.15) is 0 Å². The fraction of sp³-hybridized carbons (Fsp3) is 0.161. The van der Waals surface area contributed by atoms with Crippen molar-refractivity contribution < 1.29 is 31.3 Å². The first-order valence-corrected chi connectivity index (χ1v) is 17.3. The summed E-state index contributed by atoms with van der Waals surface area (Å²) in [5.74, 6) is 0.295. The highest BCUT2D eigenvalue weighted by Gasteiger charge is 2.63. The molecule has 4 aromatic rings. The molecule has 0 bridgehead atoms. The molecule has 0 spiro atoms. The van der Waals surface area contributed by atoms with Crippen LogP contribution < -0.4 is 0 Å². The van der Waals surface area contributed by atoms with Crippen molar-refractivity contribution in [2.45, 2.75) is 42.1 Å². The van der Waals surface area contributed by atoms with E-state index in [4.69, 9.17) is 4.65 Å². The molecule has 5 rings (SSSR count). The van der Waals surface area contributed by atoms with Gasteiger partial charge in [-0.15, -0.1) is 0 Å². The first-order valence-electron chi connectivity index (χ1n) is 14.4. The Morgan fingerprint density at radius 1 is 0.702 bits per heavy atom. The molecular formula is C31H29BN4O9S2. The summed E-state index contributed by atoms with van der Waals surface area (Å²) in [6.45, 7) is 3.43. The van der Waals surface area contributed by atoms with Crippen molar-refractivity contribution in [1.29, 1.82) is 0 Å².